The maximum absolute atomic E-state index is 6.37. The summed E-state index contributed by atoms with van der Waals surface area (Å²) in [5.41, 5.74) is 7.17. The molecule has 33 heavy (non-hydrogen) atoms. The molecule has 0 saturated carbocycles. The van der Waals surface area contributed by atoms with E-state index in [9.17, 15) is 0 Å². The van der Waals surface area contributed by atoms with E-state index in [1.165, 1.54) is 32.4 Å². The van der Waals surface area contributed by atoms with Crippen molar-refractivity contribution in [3.05, 3.63) is 12.1 Å². The van der Waals surface area contributed by atoms with Crippen LogP contribution in [0.4, 0.5) is 11.8 Å². The van der Waals surface area contributed by atoms with Gasteiger partial charge in [0.15, 0.2) is 11.5 Å². The van der Waals surface area contributed by atoms with Crippen LogP contribution in [0.1, 0.15) is 46.0 Å². The molecule has 2 aliphatic heterocycles. The lowest BCUT2D eigenvalue weighted by Crippen LogP contribution is -2.35. The van der Waals surface area contributed by atoms with E-state index in [4.69, 9.17) is 20.2 Å². The molecule has 2 aliphatic rings. The standard InChI is InChI=1S/C25H40N6O2/c1-19(2)30-12-7-13-31(15-14-30)25-27-21-18-23(22(32-3)17-20(21)24(26)28-25)33-16-8-11-29-9-5-4-6-10-29/h17-19H,4-16H2,1-3H3,(H2,26,27,28). The number of methoxy groups -OCH3 is 1. The van der Waals surface area contributed by atoms with Crippen LogP contribution in [-0.2, 0) is 0 Å². The number of nitrogens with zero attached hydrogens (tertiary/aromatic N) is 5. The van der Waals surface area contributed by atoms with Gasteiger partial charge in [0, 0.05) is 50.2 Å². The third kappa shape index (κ3) is 5.98. The summed E-state index contributed by atoms with van der Waals surface area (Å²) in [6, 6.07) is 4.40. The summed E-state index contributed by atoms with van der Waals surface area (Å²) >= 11 is 0. The lowest BCUT2D eigenvalue weighted by molar-refractivity contribution is 0.203. The molecule has 3 heterocycles. The number of fused-ring (bicyclic) bond motifs is 1. The van der Waals surface area contributed by atoms with E-state index in [0.29, 0.717) is 30.2 Å². The summed E-state index contributed by atoms with van der Waals surface area (Å²) < 4.78 is 11.7. The van der Waals surface area contributed by atoms with E-state index < -0.39 is 0 Å². The molecule has 2 N–H and O–H groups in total. The Kier molecular flexibility index (Phi) is 8.09. The zero-order chi connectivity index (χ0) is 23.2. The Morgan fingerprint density at radius 3 is 2.52 bits per heavy atom. The number of hydrogen-bond donors (Lipinski definition) is 1. The smallest absolute Gasteiger partial charge is 0.227 e. The van der Waals surface area contributed by atoms with Gasteiger partial charge >= 0.3 is 0 Å². The van der Waals surface area contributed by atoms with E-state index in [1.807, 2.05) is 12.1 Å². The highest BCUT2D eigenvalue weighted by molar-refractivity contribution is 5.91. The van der Waals surface area contributed by atoms with Crippen LogP contribution in [-0.4, -0.2) is 85.3 Å². The van der Waals surface area contributed by atoms with Crippen LogP contribution in [0.3, 0.4) is 0 Å². The Morgan fingerprint density at radius 1 is 0.939 bits per heavy atom. The molecule has 1 aromatic carbocycles. The summed E-state index contributed by atoms with van der Waals surface area (Å²) in [5.74, 6) is 2.57. The maximum Gasteiger partial charge on any atom is 0.227 e. The molecular weight excluding hydrogens is 416 g/mol. The lowest BCUT2D eigenvalue weighted by Gasteiger charge is -2.26. The first-order valence-corrected chi connectivity index (χ1v) is 12.5. The Morgan fingerprint density at radius 2 is 1.76 bits per heavy atom. The largest absolute Gasteiger partial charge is 0.493 e. The van der Waals surface area contributed by atoms with Gasteiger partial charge in [-0.15, -0.1) is 0 Å². The highest BCUT2D eigenvalue weighted by atomic mass is 16.5. The molecule has 4 rings (SSSR count). The summed E-state index contributed by atoms with van der Waals surface area (Å²) in [6.07, 6.45) is 6.08. The number of benzene rings is 1. The predicted octanol–water partition coefficient (Wildman–Crippen LogP) is 3.40. The van der Waals surface area contributed by atoms with Crippen molar-refractivity contribution in [1.82, 2.24) is 19.8 Å². The van der Waals surface area contributed by atoms with Crippen LogP contribution in [0.25, 0.3) is 10.9 Å². The summed E-state index contributed by atoms with van der Waals surface area (Å²) in [5, 5.41) is 0.801. The zero-order valence-electron chi connectivity index (χ0n) is 20.6. The second-order valence-electron chi connectivity index (χ2n) is 9.50. The van der Waals surface area contributed by atoms with E-state index in [-0.39, 0.29) is 0 Å². The van der Waals surface area contributed by atoms with Gasteiger partial charge in [0.1, 0.15) is 5.82 Å². The normalized spacial score (nSPS) is 18.6. The zero-order valence-corrected chi connectivity index (χ0v) is 20.6. The van der Waals surface area contributed by atoms with Gasteiger partial charge in [0.25, 0.3) is 0 Å². The van der Waals surface area contributed by atoms with E-state index in [2.05, 4.69) is 33.5 Å². The number of nitrogen functional groups attached to an aromatic ring is 1. The monoisotopic (exact) mass is 456 g/mol. The lowest BCUT2D eigenvalue weighted by atomic mass is 10.1. The van der Waals surface area contributed by atoms with Crippen LogP contribution in [0.2, 0.25) is 0 Å². The van der Waals surface area contributed by atoms with Gasteiger partial charge in [0.05, 0.1) is 19.2 Å². The molecule has 0 amide bonds. The second kappa shape index (κ2) is 11.2. The number of anilines is 2. The molecule has 0 atom stereocenters. The van der Waals surface area contributed by atoms with Crippen molar-refractivity contribution in [3.8, 4) is 11.5 Å². The van der Waals surface area contributed by atoms with Crippen molar-refractivity contribution in [2.24, 2.45) is 0 Å². The fourth-order valence-corrected chi connectivity index (χ4v) is 4.87. The van der Waals surface area contributed by atoms with Crippen LogP contribution < -0.4 is 20.1 Å². The van der Waals surface area contributed by atoms with Crippen LogP contribution >= 0.6 is 0 Å². The Balaban J connectivity index is 1.47. The van der Waals surface area contributed by atoms with Gasteiger partial charge in [-0.25, -0.2) is 4.98 Å². The molecule has 182 valence electrons. The highest BCUT2D eigenvalue weighted by Gasteiger charge is 2.20. The van der Waals surface area contributed by atoms with Crippen LogP contribution in [0.15, 0.2) is 12.1 Å². The van der Waals surface area contributed by atoms with Crippen molar-refractivity contribution in [3.63, 3.8) is 0 Å². The number of rotatable bonds is 8. The fraction of sp³-hybridized carbons (Fsp3) is 0.680. The van der Waals surface area contributed by atoms with Crippen molar-refractivity contribution >= 4 is 22.7 Å². The number of likely N-dealkylation sites (tertiary alicyclic amines) is 1. The third-order valence-electron chi connectivity index (χ3n) is 6.87. The Hall–Kier alpha value is -2.32. The molecule has 8 nitrogen and oxygen atoms in total. The molecule has 2 saturated heterocycles. The van der Waals surface area contributed by atoms with E-state index in [0.717, 1.165) is 62.2 Å². The number of piperidine rings is 1. The summed E-state index contributed by atoms with van der Waals surface area (Å²) in [4.78, 5) is 16.8. The molecule has 0 aliphatic carbocycles. The van der Waals surface area contributed by atoms with Gasteiger partial charge in [-0.05, 0) is 58.7 Å². The van der Waals surface area contributed by atoms with Gasteiger partial charge in [-0.2, -0.15) is 4.98 Å². The molecular formula is C25H40N6O2. The SMILES string of the molecule is COc1cc2c(N)nc(N3CCCN(C(C)C)CC3)nc2cc1OCCCN1CCCCC1. The first-order valence-electron chi connectivity index (χ1n) is 12.5. The quantitative estimate of drug-likeness (QED) is 0.606. The Labute approximate surface area is 198 Å². The average molecular weight is 457 g/mol. The minimum absolute atomic E-state index is 0.481. The molecule has 0 radical (unpaired) electrons. The van der Waals surface area contributed by atoms with Crippen LogP contribution in [0.5, 0.6) is 11.5 Å². The molecule has 0 spiro atoms. The van der Waals surface area contributed by atoms with Crippen molar-refractivity contribution in [1.29, 1.82) is 0 Å². The van der Waals surface area contributed by atoms with Crippen molar-refractivity contribution in [2.75, 3.05) is 70.2 Å². The second-order valence-corrected chi connectivity index (χ2v) is 9.50. The number of ether oxygens (including phenoxy) is 2. The van der Waals surface area contributed by atoms with Crippen molar-refractivity contribution < 1.29 is 9.47 Å². The molecule has 2 aromatic rings. The topological polar surface area (TPSA) is 80.0 Å². The third-order valence-corrected chi connectivity index (χ3v) is 6.87. The van der Waals surface area contributed by atoms with Gasteiger partial charge in [-0.1, -0.05) is 6.42 Å². The molecule has 1 aromatic heterocycles. The van der Waals surface area contributed by atoms with Crippen LogP contribution in [0, 0.1) is 0 Å². The maximum atomic E-state index is 6.37. The Bertz CT molecular complexity index is 915. The van der Waals surface area contributed by atoms with E-state index in [1.54, 1.807) is 7.11 Å². The van der Waals surface area contributed by atoms with Crippen molar-refractivity contribution in [2.45, 2.75) is 52.0 Å². The average Bonchev–Trinajstić information content (AvgIpc) is 3.09. The fourth-order valence-electron chi connectivity index (χ4n) is 4.87. The molecule has 8 heteroatoms. The number of hydrogen-bond acceptors (Lipinski definition) is 8. The minimum Gasteiger partial charge on any atom is -0.493 e. The molecule has 0 unspecified atom stereocenters. The summed E-state index contributed by atoms with van der Waals surface area (Å²) in [7, 11) is 1.66. The van der Waals surface area contributed by atoms with E-state index >= 15 is 0 Å². The van der Waals surface area contributed by atoms with Gasteiger partial charge in [0.2, 0.25) is 5.95 Å². The number of nitrogens with two attached hydrogens (primary N) is 1. The number of aromatic nitrogens is 2. The first kappa shape index (κ1) is 23.8. The minimum atomic E-state index is 0.481. The van der Waals surface area contributed by atoms with Gasteiger partial charge in [-0.3, -0.25) is 4.90 Å². The predicted molar refractivity (Wildman–Crippen MR) is 134 cm³/mol. The highest BCUT2D eigenvalue weighted by Crippen LogP contribution is 2.34. The molecule has 0 bridgehead atoms. The molecule has 2 fully saturated rings. The summed E-state index contributed by atoms with van der Waals surface area (Å²) in [6.45, 7) is 12.6. The first-order chi connectivity index (χ1) is 16.0. The van der Waals surface area contributed by atoms with Gasteiger partial charge < -0.3 is 25.0 Å².